The van der Waals surface area contributed by atoms with Gasteiger partial charge in [-0.1, -0.05) is 38.1 Å². The molecular weight excluding hydrogens is 857 g/mol. The molecule has 1 saturated heterocycles. The summed E-state index contributed by atoms with van der Waals surface area (Å²) in [5, 5.41) is 21.8. The Labute approximate surface area is 381 Å². The van der Waals surface area contributed by atoms with Crippen LogP contribution in [0.25, 0.3) is 31.2 Å². The number of benzene rings is 3. The molecule has 3 aromatic carbocycles. The Balaban J connectivity index is 0.765. The number of carbonyl (C=O) groups is 2. The number of rotatable bonds is 23. The van der Waals surface area contributed by atoms with Crippen molar-refractivity contribution >= 4 is 50.4 Å². The molecule has 17 heteroatoms. The van der Waals surface area contributed by atoms with Gasteiger partial charge in [0.2, 0.25) is 11.8 Å². The number of hydrogen-bond acceptors (Lipinski definition) is 15. The molecule has 0 aliphatic carbocycles. The van der Waals surface area contributed by atoms with Gasteiger partial charge in [-0.05, 0) is 78.5 Å². The number of fused-ring (bicyclic) bond motifs is 1. The van der Waals surface area contributed by atoms with Gasteiger partial charge < -0.3 is 48.8 Å². The minimum atomic E-state index is -0.836. The minimum Gasteiger partial charge on any atom is -0.491 e. The molecule has 0 bridgehead atoms. The molecule has 1 aliphatic heterocycles. The molecule has 4 atom stereocenters. The number of anilines is 1. The number of hydrogen-bond donors (Lipinski definition) is 3. The Bertz CT molecular complexity index is 2420. The lowest BCUT2D eigenvalue weighted by molar-refractivity contribution is -0.141. The number of aromatic nitrogens is 3. The second-order valence-electron chi connectivity index (χ2n) is 15.8. The van der Waals surface area contributed by atoms with Crippen molar-refractivity contribution in [3.8, 4) is 32.6 Å². The van der Waals surface area contributed by atoms with Crippen molar-refractivity contribution < 1.29 is 42.9 Å². The standard InChI is InChI=1S/C47H56N6O9S2/c1-29(2)43(47(56)53-27-36(54)24-39(53)45(55)50-30(3)32-6-8-33(9-7-32)44-31(4)49-28-63-44)40-26-42(52-62-40)61-23-21-59-19-17-57-16-18-58-20-22-60-37-14-15-38-41(25-37)64-46(51-38)34-10-12-35(48-5)13-11-34/h6-15,25-26,28-30,36,39,43,48,54H,16-24,27H2,1-5H3,(H,50,55)/t30-,36+,39-,43+/m0/s1. The van der Waals surface area contributed by atoms with E-state index in [-0.39, 0.29) is 49.2 Å². The molecule has 64 heavy (non-hydrogen) atoms. The van der Waals surface area contributed by atoms with Gasteiger partial charge in [-0.25, -0.2) is 9.97 Å². The van der Waals surface area contributed by atoms with E-state index in [0.29, 0.717) is 52.0 Å². The zero-order valence-corrected chi connectivity index (χ0v) is 38.4. The Morgan fingerprint density at radius 3 is 2.20 bits per heavy atom. The van der Waals surface area contributed by atoms with Gasteiger partial charge in [0.05, 0.1) is 78.1 Å². The predicted octanol–water partition coefficient (Wildman–Crippen LogP) is 7.51. The molecule has 3 aromatic heterocycles. The van der Waals surface area contributed by atoms with E-state index in [2.05, 4.69) is 32.9 Å². The first-order valence-electron chi connectivity index (χ1n) is 21.5. The highest BCUT2D eigenvalue weighted by atomic mass is 32.1. The number of nitrogens with zero attached hydrogens (tertiary/aromatic N) is 4. The fourth-order valence-corrected chi connectivity index (χ4v) is 9.28. The first-order valence-corrected chi connectivity index (χ1v) is 23.2. The third-order valence-electron chi connectivity index (χ3n) is 10.9. The number of likely N-dealkylation sites (tertiary alicyclic amines) is 1. The highest BCUT2D eigenvalue weighted by Crippen LogP contribution is 2.35. The molecule has 15 nitrogen and oxygen atoms in total. The Morgan fingerprint density at radius 2 is 1.55 bits per heavy atom. The van der Waals surface area contributed by atoms with Crippen molar-refractivity contribution in [2.24, 2.45) is 5.92 Å². The molecule has 0 unspecified atom stereocenters. The Kier molecular flexibility index (Phi) is 16.3. The summed E-state index contributed by atoms with van der Waals surface area (Å²) in [7, 11) is 1.90. The quantitative estimate of drug-likeness (QED) is 0.0539. The molecule has 0 saturated carbocycles. The summed E-state index contributed by atoms with van der Waals surface area (Å²) in [5.74, 6) is -0.257. The summed E-state index contributed by atoms with van der Waals surface area (Å²) in [4.78, 5) is 39.3. The van der Waals surface area contributed by atoms with Gasteiger partial charge in [0.25, 0.3) is 5.88 Å². The van der Waals surface area contributed by atoms with Crippen LogP contribution in [0.4, 0.5) is 5.69 Å². The second kappa shape index (κ2) is 22.5. The lowest BCUT2D eigenvalue weighted by Crippen LogP contribution is -2.48. The van der Waals surface area contributed by atoms with Crippen LogP contribution < -0.4 is 20.1 Å². The smallest absolute Gasteiger partial charge is 0.254 e. The first kappa shape index (κ1) is 46.6. The molecule has 0 radical (unpaired) electrons. The maximum Gasteiger partial charge on any atom is 0.254 e. The number of amides is 2. The largest absolute Gasteiger partial charge is 0.491 e. The van der Waals surface area contributed by atoms with Crippen LogP contribution in [0.3, 0.4) is 0 Å². The predicted molar refractivity (Wildman–Crippen MR) is 247 cm³/mol. The van der Waals surface area contributed by atoms with Gasteiger partial charge in [0.1, 0.15) is 35.9 Å². The SMILES string of the molecule is CNc1ccc(-c2nc3ccc(OCCOCCOCCOCCOc4cc([C@H](C(=O)N5C[C@H](O)C[C@H]5C(=O)N[C@@H](C)c5ccc(-c6scnc6C)cc5)C(C)C)on4)cc3s2)cc1. The van der Waals surface area contributed by atoms with E-state index in [1.165, 1.54) is 4.90 Å². The van der Waals surface area contributed by atoms with Crippen LogP contribution in [0.5, 0.6) is 11.6 Å². The summed E-state index contributed by atoms with van der Waals surface area (Å²) in [6.45, 7) is 10.7. The maximum absolute atomic E-state index is 14.1. The summed E-state index contributed by atoms with van der Waals surface area (Å²) in [6, 6.07) is 22.6. The number of aliphatic hydroxyl groups is 1. The van der Waals surface area contributed by atoms with Gasteiger partial charge in [-0.3, -0.25) is 9.59 Å². The number of aryl methyl sites for hydroxylation is 1. The minimum absolute atomic E-state index is 0.0416. The van der Waals surface area contributed by atoms with Crippen LogP contribution >= 0.6 is 22.7 Å². The third kappa shape index (κ3) is 12.0. The number of β-amino-alcohol motifs (C(OH)–C–C–N with tert-alkyl or cyclic N) is 1. The summed E-state index contributed by atoms with van der Waals surface area (Å²) in [5.41, 5.74) is 7.87. The lowest BCUT2D eigenvalue weighted by atomic mass is 9.91. The van der Waals surface area contributed by atoms with Crippen LogP contribution in [0, 0.1) is 12.8 Å². The number of nitrogens with one attached hydrogen (secondary N) is 2. The molecule has 0 spiro atoms. The van der Waals surface area contributed by atoms with Crippen LogP contribution in [-0.2, 0) is 23.8 Å². The molecule has 4 heterocycles. The second-order valence-corrected chi connectivity index (χ2v) is 17.7. The van der Waals surface area contributed by atoms with Gasteiger partial charge in [0.15, 0.2) is 5.76 Å². The van der Waals surface area contributed by atoms with Gasteiger partial charge in [-0.15, -0.1) is 22.7 Å². The Morgan fingerprint density at radius 1 is 0.875 bits per heavy atom. The van der Waals surface area contributed by atoms with E-state index in [0.717, 1.165) is 53.9 Å². The monoisotopic (exact) mass is 912 g/mol. The Hall–Kier alpha value is -5.43. The molecule has 6 aromatic rings. The number of thiazole rings is 2. The fraction of sp³-hybridized carbons (Fsp3) is 0.426. The topological polar surface area (TPSA) is 180 Å². The number of ether oxygens (including phenoxy) is 5. The average Bonchev–Trinajstić information content (AvgIpc) is 4.12. The van der Waals surface area contributed by atoms with Crippen molar-refractivity contribution in [3.63, 3.8) is 0 Å². The molecule has 2 amide bonds. The van der Waals surface area contributed by atoms with Gasteiger partial charge >= 0.3 is 0 Å². The average molecular weight is 913 g/mol. The summed E-state index contributed by atoms with van der Waals surface area (Å²) >= 11 is 3.22. The maximum atomic E-state index is 14.1. The molecule has 1 aliphatic rings. The van der Waals surface area contributed by atoms with E-state index < -0.39 is 18.1 Å². The highest BCUT2D eigenvalue weighted by molar-refractivity contribution is 7.21. The zero-order valence-electron chi connectivity index (χ0n) is 36.8. The number of carbonyl (C=O) groups excluding carboxylic acids is 2. The summed E-state index contributed by atoms with van der Waals surface area (Å²) < 4.78 is 35.2. The van der Waals surface area contributed by atoms with E-state index >= 15 is 0 Å². The highest BCUT2D eigenvalue weighted by Gasteiger charge is 2.43. The van der Waals surface area contributed by atoms with Crippen LogP contribution in [0.15, 0.2) is 82.8 Å². The fourth-order valence-electron chi connectivity index (χ4n) is 7.46. The van der Waals surface area contributed by atoms with Crippen molar-refractivity contribution in [3.05, 3.63) is 95.3 Å². The molecule has 1 fully saturated rings. The summed E-state index contributed by atoms with van der Waals surface area (Å²) in [6.07, 6.45) is -0.691. The van der Waals surface area contributed by atoms with Crippen molar-refractivity contribution in [2.75, 3.05) is 71.8 Å². The van der Waals surface area contributed by atoms with Gasteiger partial charge in [0, 0.05) is 37.3 Å². The lowest BCUT2D eigenvalue weighted by Gasteiger charge is -2.29. The third-order valence-corrected chi connectivity index (χ3v) is 12.9. The first-order chi connectivity index (χ1) is 31.1. The van der Waals surface area contributed by atoms with E-state index in [4.69, 9.17) is 33.2 Å². The molecular formula is C47H56N6O9S2. The van der Waals surface area contributed by atoms with E-state index in [9.17, 15) is 14.7 Å². The van der Waals surface area contributed by atoms with Crippen LogP contribution in [0.1, 0.15) is 56.2 Å². The van der Waals surface area contributed by atoms with Crippen molar-refractivity contribution in [1.82, 2.24) is 25.3 Å². The van der Waals surface area contributed by atoms with Gasteiger partial charge in [-0.2, -0.15) is 0 Å². The van der Waals surface area contributed by atoms with Crippen LogP contribution in [0.2, 0.25) is 0 Å². The molecule has 340 valence electrons. The van der Waals surface area contributed by atoms with Crippen molar-refractivity contribution in [2.45, 2.75) is 58.2 Å². The normalized spacial score (nSPS) is 16.0. The van der Waals surface area contributed by atoms with E-state index in [1.54, 1.807) is 28.7 Å². The van der Waals surface area contributed by atoms with E-state index in [1.807, 2.05) is 94.9 Å². The van der Waals surface area contributed by atoms with Crippen molar-refractivity contribution in [1.29, 1.82) is 0 Å². The zero-order chi connectivity index (χ0) is 45.0. The number of aliphatic hydroxyl groups excluding tert-OH is 1. The van der Waals surface area contributed by atoms with Crippen LogP contribution in [-0.4, -0.2) is 116 Å². The molecule has 7 rings (SSSR count). The molecule has 3 N–H and O–H groups in total.